The molecule has 1 fully saturated rings. The lowest BCUT2D eigenvalue weighted by Gasteiger charge is -2.35. The normalized spacial score (nSPS) is 28.2. The van der Waals surface area contributed by atoms with Crippen LogP contribution in [0.25, 0.3) is 0 Å². The van der Waals surface area contributed by atoms with E-state index in [1.165, 1.54) is 12.0 Å². The van der Waals surface area contributed by atoms with Crippen molar-refractivity contribution in [2.24, 2.45) is 5.92 Å². The molecular formula is C15H24N2O. The van der Waals surface area contributed by atoms with Crippen LogP contribution in [0.1, 0.15) is 38.2 Å². The molecule has 2 unspecified atom stereocenters. The third-order valence-corrected chi connectivity index (χ3v) is 3.86. The Hall–Kier alpha value is -0.930. The van der Waals surface area contributed by atoms with E-state index in [2.05, 4.69) is 17.2 Å². The number of nitrogens with one attached hydrogen (secondary N) is 1. The Morgan fingerprint density at radius 1 is 1.44 bits per heavy atom. The maximum Gasteiger partial charge on any atom is 0.0774 e. The summed E-state index contributed by atoms with van der Waals surface area (Å²) >= 11 is 0. The lowest BCUT2D eigenvalue weighted by atomic mass is 9.79. The molecular weight excluding hydrogens is 224 g/mol. The molecule has 0 radical (unpaired) electrons. The topological polar surface area (TPSA) is 45.1 Å². The molecule has 0 aromatic carbocycles. The van der Waals surface area contributed by atoms with Crippen molar-refractivity contribution in [3.8, 4) is 0 Å². The average molecular weight is 248 g/mol. The highest BCUT2D eigenvalue weighted by Crippen LogP contribution is 2.31. The van der Waals surface area contributed by atoms with Gasteiger partial charge in [-0.2, -0.15) is 0 Å². The van der Waals surface area contributed by atoms with E-state index in [1.807, 2.05) is 24.5 Å². The predicted octanol–water partition coefficient (Wildman–Crippen LogP) is 2.15. The second kappa shape index (κ2) is 6.30. The van der Waals surface area contributed by atoms with Crippen LogP contribution in [0, 0.1) is 5.92 Å². The van der Waals surface area contributed by atoms with Crippen LogP contribution in [0.3, 0.4) is 0 Å². The summed E-state index contributed by atoms with van der Waals surface area (Å²) < 4.78 is 0. The van der Waals surface area contributed by atoms with Gasteiger partial charge in [0.1, 0.15) is 0 Å². The largest absolute Gasteiger partial charge is 0.389 e. The van der Waals surface area contributed by atoms with Crippen LogP contribution in [0.4, 0.5) is 0 Å². The summed E-state index contributed by atoms with van der Waals surface area (Å²) in [5.41, 5.74) is 0.817. The quantitative estimate of drug-likeness (QED) is 0.785. The van der Waals surface area contributed by atoms with Crippen molar-refractivity contribution >= 4 is 0 Å². The number of rotatable bonds is 5. The number of aromatic nitrogens is 1. The van der Waals surface area contributed by atoms with Crippen LogP contribution in [-0.2, 0) is 6.42 Å². The fraction of sp³-hybridized carbons (Fsp3) is 0.667. The molecule has 3 nitrogen and oxygen atoms in total. The van der Waals surface area contributed by atoms with E-state index < -0.39 is 5.60 Å². The van der Waals surface area contributed by atoms with Crippen molar-refractivity contribution in [1.82, 2.24) is 10.3 Å². The summed E-state index contributed by atoms with van der Waals surface area (Å²) in [6, 6.07) is 4.08. The highest BCUT2D eigenvalue weighted by atomic mass is 16.3. The third-order valence-electron chi connectivity index (χ3n) is 3.86. The second-order valence-electron chi connectivity index (χ2n) is 5.71. The number of pyridine rings is 1. The van der Waals surface area contributed by atoms with Crippen molar-refractivity contribution < 1.29 is 5.11 Å². The summed E-state index contributed by atoms with van der Waals surface area (Å²) in [6.07, 6.45) is 8.95. The highest BCUT2D eigenvalue weighted by molar-refractivity contribution is 5.09. The van der Waals surface area contributed by atoms with Gasteiger partial charge in [-0.25, -0.2) is 0 Å². The molecule has 100 valence electrons. The van der Waals surface area contributed by atoms with Gasteiger partial charge in [-0.05, 0) is 49.4 Å². The van der Waals surface area contributed by atoms with Gasteiger partial charge in [-0.3, -0.25) is 4.98 Å². The first kappa shape index (κ1) is 13.5. The zero-order chi connectivity index (χ0) is 12.8. The van der Waals surface area contributed by atoms with E-state index >= 15 is 0 Å². The first-order chi connectivity index (χ1) is 8.68. The second-order valence-corrected chi connectivity index (χ2v) is 5.71. The average Bonchev–Trinajstić information content (AvgIpc) is 2.36. The van der Waals surface area contributed by atoms with Crippen molar-refractivity contribution in [2.75, 3.05) is 13.1 Å². The Kier molecular flexibility index (Phi) is 4.72. The fourth-order valence-corrected chi connectivity index (χ4v) is 2.90. The first-order valence-electron chi connectivity index (χ1n) is 7.00. The van der Waals surface area contributed by atoms with E-state index in [9.17, 15) is 5.11 Å². The van der Waals surface area contributed by atoms with Gasteiger partial charge in [0.25, 0.3) is 0 Å². The number of hydrogen-bond acceptors (Lipinski definition) is 3. The van der Waals surface area contributed by atoms with Crippen LogP contribution in [-0.4, -0.2) is 28.8 Å². The van der Waals surface area contributed by atoms with Crippen LogP contribution < -0.4 is 5.32 Å². The number of nitrogens with zero attached hydrogens (tertiary/aromatic N) is 1. The Bertz CT molecular complexity index is 355. The van der Waals surface area contributed by atoms with Gasteiger partial charge in [0.2, 0.25) is 0 Å². The maximum atomic E-state index is 10.5. The van der Waals surface area contributed by atoms with Gasteiger partial charge in [0.15, 0.2) is 0 Å². The Balaban J connectivity index is 1.69. The fourth-order valence-electron chi connectivity index (χ4n) is 2.90. The van der Waals surface area contributed by atoms with E-state index in [4.69, 9.17) is 0 Å². The number of hydrogen-bond donors (Lipinski definition) is 2. The molecule has 1 heterocycles. The molecule has 0 spiro atoms. The van der Waals surface area contributed by atoms with Gasteiger partial charge >= 0.3 is 0 Å². The van der Waals surface area contributed by atoms with Crippen LogP contribution in [0.2, 0.25) is 0 Å². The van der Waals surface area contributed by atoms with Gasteiger partial charge in [0.05, 0.1) is 5.60 Å². The van der Waals surface area contributed by atoms with Crippen molar-refractivity contribution in [3.63, 3.8) is 0 Å². The molecule has 0 bridgehead atoms. The van der Waals surface area contributed by atoms with Crippen molar-refractivity contribution in [2.45, 2.75) is 44.6 Å². The number of aliphatic hydroxyl groups is 1. The summed E-state index contributed by atoms with van der Waals surface area (Å²) in [4.78, 5) is 4.01. The van der Waals surface area contributed by atoms with Gasteiger partial charge in [0, 0.05) is 18.9 Å². The van der Waals surface area contributed by atoms with Gasteiger partial charge < -0.3 is 10.4 Å². The summed E-state index contributed by atoms with van der Waals surface area (Å²) in [5, 5.41) is 13.9. The zero-order valence-corrected chi connectivity index (χ0v) is 11.2. The molecule has 2 N–H and O–H groups in total. The van der Waals surface area contributed by atoms with Crippen molar-refractivity contribution in [1.29, 1.82) is 0 Å². The monoisotopic (exact) mass is 248 g/mol. The minimum Gasteiger partial charge on any atom is -0.389 e. The Morgan fingerprint density at radius 3 is 2.94 bits per heavy atom. The molecule has 2 rings (SSSR count). The van der Waals surface area contributed by atoms with E-state index in [-0.39, 0.29) is 0 Å². The molecule has 1 aromatic heterocycles. The van der Waals surface area contributed by atoms with E-state index in [1.54, 1.807) is 0 Å². The Labute approximate surface area is 110 Å². The molecule has 1 saturated carbocycles. The van der Waals surface area contributed by atoms with E-state index in [0.717, 1.165) is 38.8 Å². The lowest BCUT2D eigenvalue weighted by molar-refractivity contribution is -0.0114. The Morgan fingerprint density at radius 2 is 2.22 bits per heavy atom. The minimum absolute atomic E-state index is 0.476. The van der Waals surface area contributed by atoms with Crippen LogP contribution in [0.5, 0.6) is 0 Å². The third kappa shape index (κ3) is 4.07. The van der Waals surface area contributed by atoms with Gasteiger partial charge in [-0.1, -0.05) is 19.8 Å². The molecule has 3 heteroatoms. The standard InChI is InChI=1S/C15H24N2O/c1-13-3-2-7-15(18,11-13)12-17-10-6-14-4-8-16-9-5-14/h4-5,8-9,13,17-18H,2-3,6-7,10-12H2,1H3. The molecule has 0 saturated heterocycles. The summed E-state index contributed by atoms with van der Waals surface area (Å²) in [6.45, 7) is 3.88. The van der Waals surface area contributed by atoms with Crippen molar-refractivity contribution in [3.05, 3.63) is 30.1 Å². The molecule has 1 aromatic rings. The maximum absolute atomic E-state index is 10.5. The summed E-state index contributed by atoms with van der Waals surface area (Å²) in [7, 11) is 0. The molecule has 2 atom stereocenters. The molecule has 0 aliphatic heterocycles. The molecule has 0 amide bonds. The molecule has 1 aliphatic carbocycles. The van der Waals surface area contributed by atoms with Crippen LogP contribution >= 0.6 is 0 Å². The minimum atomic E-state index is -0.476. The highest BCUT2D eigenvalue weighted by Gasteiger charge is 2.31. The molecule has 1 aliphatic rings. The summed E-state index contributed by atoms with van der Waals surface area (Å²) in [5.74, 6) is 0.658. The lowest BCUT2D eigenvalue weighted by Crippen LogP contribution is -2.44. The smallest absolute Gasteiger partial charge is 0.0774 e. The van der Waals surface area contributed by atoms with Crippen LogP contribution in [0.15, 0.2) is 24.5 Å². The van der Waals surface area contributed by atoms with Gasteiger partial charge in [-0.15, -0.1) is 0 Å². The molecule has 18 heavy (non-hydrogen) atoms. The zero-order valence-electron chi connectivity index (χ0n) is 11.2. The SMILES string of the molecule is CC1CCCC(O)(CNCCc2ccncc2)C1. The van der Waals surface area contributed by atoms with E-state index in [0.29, 0.717) is 5.92 Å². The predicted molar refractivity (Wildman–Crippen MR) is 73.4 cm³/mol. The first-order valence-corrected chi connectivity index (χ1v) is 7.00.